The van der Waals surface area contributed by atoms with Gasteiger partial charge in [0.15, 0.2) is 0 Å². The number of carbonyl (C=O) groups is 2. The second-order valence-electron chi connectivity index (χ2n) is 5.25. The molecule has 2 aromatic rings. The van der Waals surface area contributed by atoms with Crippen LogP contribution in [0.1, 0.15) is 23.8 Å². The van der Waals surface area contributed by atoms with Crippen molar-refractivity contribution >= 4 is 11.8 Å². The Morgan fingerprint density at radius 2 is 1.91 bits per heavy atom. The maximum absolute atomic E-state index is 11.9. The highest BCUT2D eigenvalue weighted by molar-refractivity contribution is 5.88. The number of nitrogens with one attached hydrogen (secondary N) is 2. The molecule has 1 aromatic heterocycles. The maximum atomic E-state index is 11.9. The van der Waals surface area contributed by atoms with Gasteiger partial charge in [-0.1, -0.05) is 29.8 Å². The highest BCUT2D eigenvalue weighted by Gasteiger charge is 2.15. The van der Waals surface area contributed by atoms with E-state index in [4.69, 9.17) is 4.42 Å². The molecular weight excluding hydrogens is 280 g/mol. The molecule has 116 valence electrons. The minimum absolute atomic E-state index is 0.176. The fourth-order valence-corrected chi connectivity index (χ4v) is 1.99. The molecule has 0 aliphatic heterocycles. The molecule has 0 fully saturated rings. The number of carbonyl (C=O) groups excluding carboxylic acids is 2. The third-order valence-corrected chi connectivity index (χ3v) is 3.27. The Morgan fingerprint density at radius 1 is 1.18 bits per heavy atom. The Morgan fingerprint density at radius 3 is 2.55 bits per heavy atom. The summed E-state index contributed by atoms with van der Waals surface area (Å²) in [6.45, 7) is 3.96. The smallest absolute Gasteiger partial charge is 0.242 e. The zero-order chi connectivity index (χ0) is 15.9. The quantitative estimate of drug-likeness (QED) is 0.856. The summed E-state index contributed by atoms with van der Waals surface area (Å²) < 4.78 is 5.13. The monoisotopic (exact) mass is 300 g/mol. The maximum Gasteiger partial charge on any atom is 0.242 e. The minimum Gasteiger partial charge on any atom is -0.467 e. The van der Waals surface area contributed by atoms with Gasteiger partial charge in [0.1, 0.15) is 11.8 Å². The molecular formula is C17H20N2O3. The van der Waals surface area contributed by atoms with Crippen molar-refractivity contribution in [1.82, 2.24) is 10.6 Å². The zero-order valence-corrected chi connectivity index (χ0v) is 12.8. The first-order valence-electron chi connectivity index (χ1n) is 7.19. The van der Waals surface area contributed by atoms with Crippen LogP contribution in [-0.4, -0.2) is 17.9 Å². The first-order chi connectivity index (χ1) is 10.5. The summed E-state index contributed by atoms with van der Waals surface area (Å²) in [5, 5.41) is 5.41. The molecule has 1 heterocycles. The van der Waals surface area contributed by atoms with Gasteiger partial charge in [0.25, 0.3) is 0 Å². The second kappa shape index (κ2) is 7.45. The number of rotatable bonds is 6. The van der Waals surface area contributed by atoms with E-state index in [1.165, 1.54) is 0 Å². The van der Waals surface area contributed by atoms with Crippen LogP contribution in [0, 0.1) is 6.92 Å². The first-order valence-corrected chi connectivity index (χ1v) is 7.19. The standard InChI is InChI=1S/C17H20N2O3/c1-12-5-7-14(8-6-12)10-16(20)19-13(2)17(21)18-11-15-4-3-9-22-15/h3-9,13H,10-11H2,1-2H3,(H,18,21)(H,19,20)/t13-/m1/s1. The van der Waals surface area contributed by atoms with Crippen molar-refractivity contribution in [3.63, 3.8) is 0 Å². The molecule has 22 heavy (non-hydrogen) atoms. The van der Waals surface area contributed by atoms with Crippen molar-refractivity contribution < 1.29 is 14.0 Å². The average molecular weight is 300 g/mol. The van der Waals surface area contributed by atoms with Crippen LogP contribution >= 0.6 is 0 Å². The average Bonchev–Trinajstić information content (AvgIpc) is 3.00. The number of hydrogen-bond acceptors (Lipinski definition) is 3. The Balaban J connectivity index is 1.77. The van der Waals surface area contributed by atoms with E-state index in [0.717, 1.165) is 11.1 Å². The van der Waals surface area contributed by atoms with Crippen LogP contribution in [0.4, 0.5) is 0 Å². The van der Waals surface area contributed by atoms with Crippen LogP contribution in [0.3, 0.4) is 0 Å². The summed E-state index contributed by atoms with van der Waals surface area (Å²) in [5.41, 5.74) is 2.07. The van der Waals surface area contributed by atoms with Crippen LogP contribution < -0.4 is 10.6 Å². The van der Waals surface area contributed by atoms with E-state index >= 15 is 0 Å². The molecule has 0 saturated heterocycles. The van der Waals surface area contributed by atoms with E-state index < -0.39 is 6.04 Å². The molecule has 5 heteroatoms. The van der Waals surface area contributed by atoms with Gasteiger partial charge < -0.3 is 15.1 Å². The molecule has 2 N–H and O–H groups in total. The van der Waals surface area contributed by atoms with Gasteiger partial charge in [-0.3, -0.25) is 9.59 Å². The number of furan rings is 1. The number of benzene rings is 1. The summed E-state index contributed by atoms with van der Waals surface area (Å²) in [4.78, 5) is 23.8. The van der Waals surface area contributed by atoms with E-state index in [9.17, 15) is 9.59 Å². The van der Waals surface area contributed by atoms with Crippen LogP contribution in [0.5, 0.6) is 0 Å². The van der Waals surface area contributed by atoms with Crippen molar-refractivity contribution in [2.45, 2.75) is 32.9 Å². The molecule has 2 amide bonds. The topological polar surface area (TPSA) is 71.3 Å². The van der Waals surface area contributed by atoms with Gasteiger partial charge in [-0.15, -0.1) is 0 Å². The molecule has 2 rings (SSSR count). The third kappa shape index (κ3) is 4.77. The van der Waals surface area contributed by atoms with Gasteiger partial charge in [0.2, 0.25) is 11.8 Å². The van der Waals surface area contributed by atoms with Gasteiger partial charge in [0, 0.05) is 0 Å². The molecule has 0 saturated carbocycles. The zero-order valence-electron chi connectivity index (χ0n) is 12.8. The summed E-state index contributed by atoms with van der Waals surface area (Å²) >= 11 is 0. The van der Waals surface area contributed by atoms with Crippen molar-refractivity contribution in [3.8, 4) is 0 Å². The molecule has 0 spiro atoms. The van der Waals surface area contributed by atoms with E-state index in [0.29, 0.717) is 12.3 Å². The molecule has 0 bridgehead atoms. The van der Waals surface area contributed by atoms with Crippen molar-refractivity contribution in [3.05, 3.63) is 59.5 Å². The Kier molecular flexibility index (Phi) is 5.36. The Hall–Kier alpha value is -2.56. The highest BCUT2D eigenvalue weighted by Crippen LogP contribution is 2.04. The van der Waals surface area contributed by atoms with Gasteiger partial charge in [-0.25, -0.2) is 0 Å². The Labute approximate surface area is 129 Å². The van der Waals surface area contributed by atoms with E-state index in [-0.39, 0.29) is 18.2 Å². The van der Waals surface area contributed by atoms with Crippen LogP contribution in [0.15, 0.2) is 47.1 Å². The third-order valence-electron chi connectivity index (χ3n) is 3.27. The van der Waals surface area contributed by atoms with Crippen LogP contribution in [0.25, 0.3) is 0 Å². The largest absolute Gasteiger partial charge is 0.467 e. The van der Waals surface area contributed by atoms with E-state index in [1.54, 1.807) is 25.3 Å². The van der Waals surface area contributed by atoms with E-state index in [1.807, 2.05) is 31.2 Å². The van der Waals surface area contributed by atoms with Crippen molar-refractivity contribution in [2.24, 2.45) is 0 Å². The lowest BCUT2D eigenvalue weighted by Gasteiger charge is -2.13. The van der Waals surface area contributed by atoms with Crippen molar-refractivity contribution in [1.29, 1.82) is 0 Å². The fraction of sp³-hybridized carbons (Fsp3) is 0.294. The first kappa shape index (κ1) is 15.8. The molecule has 0 radical (unpaired) electrons. The van der Waals surface area contributed by atoms with Gasteiger partial charge in [0.05, 0.1) is 19.2 Å². The van der Waals surface area contributed by atoms with Gasteiger partial charge in [-0.2, -0.15) is 0 Å². The number of amides is 2. The van der Waals surface area contributed by atoms with Crippen LogP contribution in [0.2, 0.25) is 0 Å². The lowest BCUT2D eigenvalue weighted by molar-refractivity contribution is -0.128. The molecule has 0 unspecified atom stereocenters. The predicted octanol–water partition coefficient (Wildman–Crippen LogP) is 1.95. The van der Waals surface area contributed by atoms with Gasteiger partial charge in [-0.05, 0) is 31.5 Å². The summed E-state index contributed by atoms with van der Waals surface area (Å²) in [5.74, 6) is 0.254. The number of aryl methyl sites for hydroxylation is 1. The van der Waals surface area contributed by atoms with Gasteiger partial charge >= 0.3 is 0 Å². The predicted molar refractivity (Wildman–Crippen MR) is 83.0 cm³/mol. The normalized spacial score (nSPS) is 11.7. The molecule has 1 atom stereocenters. The van der Waals surface area contributed by atoms with Crippen molar-refractivity contribution in [2.75, 3.05) is 0 Å². The van der Waals surface area contributed by atoms with E-state index in [2.05, 4.69) is 10.6 Å². The SMILES string of the molecule is Cc1ccc(CC(=O)N[C@H](C)C(=O)NCc2ccco2)cc1. The molecule has 0 aliphatic rings. The fourth-order valence-electron chi connectivity index (χ4n) is 1.99. The minimum atomic E-state index is -0.590. The molecule has 1 aromatic carbocycles. The summed E-state index contributed by atoms with van der Waals surface area (Å²) in [6.07, 6.45) is 1.81. The number of hydrogen-bond donors (Lipinski definition) is 2. The lowest BCUT2D eigenvalue weighted by atomic mass is 10.1. The summed E-state index contributed by atoms with van der Waals surface area (Å²) in [6, 6.07) is 10.7. The molecule has 5 nitrogen and oxygen atoms in total. The lowest BCUT2D eigenvalue weighted by Crippen LogP contribution is -2.45. The second-order valence-corrected chi connectivity index (χ2v) is 5.25. The van der Waals surface area contributed by atoms with Crippen LogP contribution in [-0.2, 0) is 22.6 Å². The molecule has 0 aliphatic carbocycles. The highest BCUT2D eigenvalue weighted by atomic mass is 16.3. The summed E-state index contributed by atoms with van der Waals surface area (Å²) in [7, 11) is 0. The Bertz CT molecular complexity index is 618.